The van der Waals surface area contributed by atoms with Gasteiger partial charge in [-0.15, -0.1) is 11.3 Å². The Kier molecular flexibility index (Phi) is 7.65. The molecular formula is C21H31N5OS. The lowest BCUT2D eigenvalue weighted by Crippen LogP contribution is -2.36. The van der Waals surface area contributed by atoms with Gasteiger partial charge in [-0.3, -0.25) is 4.99 Å². The Hall–Kier alpha value is -2.15. The molecule has 152 valence electrons. The molecule has 0 unspecified atom stereocenters. The predicted octanol–water partition coefficient (Wildman–Crippen LogP) is 4.24. The summed E-state index contributed by atoms with van der Waals surface area (Å²) in [5.41, 5.74) is 2.24. The second-order valence-electron chi connectivity index (χ2n) is 7.48. The standard InChI is InChI=1S/C21H31N5OS/c1-15(2)18-14-28-20(26-18)13-25-21(22-3)24-12-16-9-10-19(23-11-16)27-17-7-5-4-6-8-17/h9-11,14-15,17H,4-8,12-13H2,1-3H3,(H2,22,24,25). The van der Waals surface area contributed by atoms with E-state index in [1.54, 1.807) is 18.4 Å². The first-order valence-corrected chi connectivity index (χ1v) is 11.0. The van der Waals surface area contributed by atoms with E-state index in [2.05, 4.69) is 50.9 Å². The number of hydrogen-bond acceptors (Lipinski definition) is 5. The Morgan fingerprint density at radius 1 is 1.21 bits per heavy atom. The molecule has 2 heterocycles. The highest BCUT2D eigenvalue weighted by molar-refractivity contribution is 7.09. The highest BCUT2D eigenvalue weighted by Crippen LogP contribution is 2.22. The van der Waals surface area contributed by atoms with Gasteiger partial charge >= 0.3 is 0 Å². The predicted molar refractivity (Wildman–Crippen MR) is 115 cm³/mol. The van der Waals surface area contributed by atoms with Crippen LogP contribution in [0.4, 0.5) is 0 Å². The zero-order valence-corrected chi connectivity index (χ0v) is 17.9. The number of aliphatic imine (C=N–C) groups is 1. The number of guanidine groups is 1. The maximum Gasteiger partial charge on any atom is 0.213 e. The molecule has 1 aliphatic carbocycles. The highest BCUT2D eigenvalue weighted by atomic mass is 32.1. The van der Waals surface area contributed by atoms with E-state index >= 15 is 0 Å². The molecule has 0 saturated heterocycles. The fourth-order valence-electron chi connectivity index (χ4n) is 3.18. The molecule has 2 aromatic rings. The van der Waals surface area contributed by atoms with Crippen LogP contribution in [0.15, 0.2) is 28.7 Å². The first kappa shape index (κ1) is 20.6. The Labute approximate surface area is 171 Å². The van der Waals surface area contributed by atoms with Crippen LogP contribution in [0, 0.1) is 0 Å². The molecule has 6 nitrogen and oxygen atoms in total. The summed E-state index contributed by atoms with van der Waals surface area (Å²) >= 11 is 1.68. The summed E-state index contributed by atoms with van der Waals surface area (Å²) in [5, 5.41) is 9.83. The quantitative estimate of drug-likeness (QED) is 0.536. The number of aromatic nitrogens is 2. The zero-order valence-electron chi connectivity index (χ0n) is 17.1. The van der Waals surface area contributed by atoms with E-state index in [1.807, 2.05) is 12.3 Å². The van der Waals surface area contributed by atoms with Gasteiger partial charge in [0.15, 0.2) is 5.96 Å². The van der Waals surface area contributed by atoms with Crippen molar-refractivity contribution in [2.24, 2.45) is 4.99 Å². The van der Waals surface area contributed by atoms with Crippen LogP contribution in [-0.4, -0.2) is 29.1 Å². The molecule has 0 bridgehead atoms. The van der Waals surface area contributed by atoms with Gasteiger partial charge in [0.05, 0.1) is 12.2 Å². The summed E-state index contributed by atoms with van der Waals surface area (Å²) in [6, 6.07) is 4.02. The van der Waals surface area contributed by atoms with Gasteiger partial charge in [-0.1, -0.05) is 26.3 Å². The summed E-state index contributed by atoms with van der Waals surface area (Å²) in [7, 11) is 1.77. The third-order valence-corrected chi connectivity index (χ3v) is 5.76. The van der Waals surface area contributed by atoms with Gasteiger partial charge in [0.1, 0.15) is 11.1 Å². The maximum absolute atomic E-state index is 5.99. The first-order valence-electron chi connectivity index (χ1n) is 10.1. The fourth-order valence-corrected chi connectivity index (χ4v) is 4.07. The van der Waals surface area contributed by atoms with Gasteiger partial charge in [-0.25, -0.2) is 9.97 Å². The Bertz CT molecular complexity index is 750. The second kappa shape index (κ2) is 10.4. The maximum atomic E-state index is 5.99. The summed E-state index contributed by atoms with van der Waals surface area (Å²) in [6.45, 7) is 5.65. The number of thiazole rings is 1. The van der Waals surface area contributed by atoms with Crippen LogP contribution in [0.2, 0.25) is 0 Å². The third kappa shape index (κ3) is 6.19. The Morgan fingerprint density at radius 2 is 2.00 bits per heavy atom. The van der Waals surface area contributed by atoms with Crippen LogP contribution in [0.1, 0.15) is 68.1 Å². The van der Waals surface area contributed by atoms with Crippen molar-refractivity contribution in [2.75, 3.05) is 7.05 Å². The normalized spacial score (nSPS) is 15.6. The molecule has 1 aliphatic rings. The molecule has 0 atom stereocenters. The smallest absolute Gasteiger partial charge is 0.213 e. The van der Waals surface area contributed by atoms with Crippen LogP contribution in [-0.2, 0) is 13.1 Å². The molecule has 28 heavy (non-hydrogen) atoms. The lowest BCUT2D eigenvalue weighted by Gasteiger charge is -2.22. The van der Waals surface area contributed by atoms with E-state index in [0.717, 1.165) is 40.9 Å². The molecule has 7 heteroatoms. The number of hydrogen-bond donors (Lipinski definition) is 2. The van der Waals surface area contributed by atoms with Crippen LogP contribution in [0.3, 0.4) is 0 Å². The minimum atomic E-state index is 0.329. The van der Waals surface area contributed by atoms with Crippen molar-refractivity contribution >= 4 is 17.3 Å². The lowest BCUT2D eigenvalue weighted by molar-refractivity contribution is 0.148. The molecule has 0 radical (unpaired) electrons. The average molecular weight is 402 g/mol. The molecule has 0 aliphatic heterocycles. The topological polar surface area (TPSA) is 71.4 Å². The Morgan fingerprint density at radius 3 is 2.64 bits per heavy atom. The van der Waals surface area contributed by atoms with Crippen molar-refractivity contribution in [1.29, 1.82) is 0 Å². The molecule has 1 fully saturated rings. The first-order chi connectivity index (χ1) is 13.6. The monoisotopic (exact) mass is 401 g/mol. The van der Waals surface area contributed by atoms with Gasteiger partial charge in [0.25, 0.3) is 0 Å². The summed E-state index contributed by atoms with van der Waals surface area (Å²) in [5.74, 6) is 1.94. The summed E-state index contributed by atoms with van der Waals surface area (Å²) in [4.78, 5) is 13.4. The molecule has 1 saturated carbocycles. The Balaban J connectivity index is 1.43. The van der Waals surface area contributed by atoms with Gasteiger partial charge in [0, 0.05) is 31.2 Å². The van der Waals surface area contributed by atoms with Crippen molar-refractivity contribution in [3.05, 3.63) is 40.0 Å². The number of nitrogens with one attached hydrogen (secondary N) is 2. The van der Waals surface area contributed by atoms with Gasteiger partial charge in [-0.05, 0) is 37.2 Å². The van der Waals surface area contributed by atoms with Gasteiger partial charge in [0.2, 0.25) is 5.88 Å². The molecule has 3 rings (SSSR count). The van der Waals surface area contributed by atoms with Crippen molar-refractivity contribution < 1.29 is 4.74 Å². The number of ether oxygens (including phenoxy) is 1. The molecule has 2 N–H and O–H groups in total. The van der Waals surface area contributed by atoms with Crippen molar-refractivity contribution in [3.8, 4) is 5.88 Å². The molecule has 0 aromatic carbocycles. The average Bonchev–Trinajstić information content (AvgIpc) is 3.19. The second-order valence-corrected chi connectivity index (χ2v) is 8.43. The zero-order chi connectivity index (χ0) is 19.8. The molecule has 0 spiro atoms. The molecule has 2 aromatic heterocycles. The minimum Gasteiger partial charge on any atom is -0.474 e. The van der Waals surface area contributed by atoms with Crippen LogP contribution in [0.5, 0.6) is 5.88 Å². The highest BCUT2D eigenvalue weighted by Gasteiger charge is 2.15. The van der Waals surface area contributed by atoms with Crippen LogP contribution in [0.25, 0.3) is 0 Å². The van der Waals surface area contributed by atoms with Gasteiger partial charge < -0.3 is 15.4 Å². The lowest BCUT2D eigenvalue weighted by atomic mass is 9.98. The summed E-state index contributed by atoms with van der Waals surface area (Å²) in [6.07, 6.45) is 8.34. The number of pyridine rings is 1. The third-order valence-electron chi connectivity index (χ3n) is 4.89. The van der Waals surface area contributed by atoms with E-state index in [9.17, 15) is 0 Å². The largest absolute Gasteiger partial charge is 0.474 e. The number of nitrogens with zero attached hydrogens (tertiary/aromatic N) is 3. The van der Waals surface area contributed by atoms with E-state index in [4.69, 9.17) is 4.74 Å². The van der Waals surface area contributed by atoms with Crippen LogP contribution < -0.4 is 15.4 Å². The number of rotatable bonds is 7. The van der Waals surface area contributed by atoms with Crippen molar-refractivity contribution in [3.63, 3.8) is 0 Å². The van der Waals surface area contributed by atoms with E-state index in [0.29, 0.717) is 25.1 Å². The minimum absolute atomic E-state index is 0.329. The summed E-state index contributed by atoms with van der Waals surface area (Å²) < 4.78 is 5.99. The molecule has 0 amide bonds. The van der Waals surface area contributed by atoms with Crippen LogP contribution >= 0.6 is 11.3 Å². The SMILES string of the molecule is CN=C(NCc1ccc(OC2CCCCC2)nc1)NCc1nc(C(C)C)cs1. The van der Waals surface area contributed by atoms with E-state index < -0.39 is 0 Å². The van der Waals surface area contributed by atoms with E-state index in [-0.39, 0.29) is 0 Å². The van der Waals surface area contributed by atoms with Gasteiger partial charge in [-0.2, -0.15) is 0 Å². The fraction of sp³-hybridized carbons (Fsp3) is 0.571. The van der Waals surface area contributed by atoms with E-state index in [1.165, 1.54) is 19.3 Å². The van der Waals surface area contributed by atoms with Crippen molar-refractivity contribution in [2.45, 2.75) is 71.1 Å². The van der Waals surface area contributed by atoms with Crippen molar-refractivity contribution in [1.82, 2.24) is 20.6 Å². The molecular weight excluding hydrogens is 370 g/mol.